The Morgan fingerprint density at radius 3 is 2.85 bits per heavy atom. The van der Waals surface area contributed by atoms with Crippen molar-refractivity contribution in [3.05, 3.63) is 35.6 Å². The largest absolute Gasteiger partial charge is 0.375 e. The highest BCUT2D eigenvalue weighted by atomic mass is 19.1. The van der Waals surface area contributed by atoms with Crippen molar-refractivity contribution in [2.75, 3.05) is 13.2 Å². The minimum absolute atomic E-state index is 0.231. The van der Waals surface area contributed by atoms with Gasteiger partial charge in [0.25, 0.3) is 0 Å². The fraction of sp³-hybridized carbons (Fsp3) is 0.333. The number of rotatable bonds is 5. The van der Waals surface area contributed by atoms with Crippen LogP contribution in [-0.4, -0.2) is 18.4 Å². The van der Waals surface area contributed by atoms with Crippen molar-refractivity contribution in [1.29, 1.82) is 0 Å². The highest BCUT2D eigenvalue weighted by Crippen LogP contribution is 2.06. The van der Waals surface area contributed by atoms with Crippen molar-refractivity contribution in [3.8, 4) is 0 Å². The average Bonchev–Trinajstić information content (AvgIpc) is 2.15. The van der Waals surface area contributed by atoms with E-state index in [1.54, 1.807) is 18.2 Å². The second kappa shape index (κ2) is 5.64. The van der Waals surface area contributed by atoms with Gasteiger partial charge in [-0.15, -0.1) is 0 Å². The smallest absolute Gasteiger partial charge is 0.128 e. The predicted molar refractivity (Wildman–Crippen MR) is 45.8 cm³/mol. The Morgan fingerprint density at radius 2 is 2.15 bits per heavy atom. The molecule has 0 aromatic heterocycles. The fourth-order valence-corrected chi connectivity index (χ4v) is 0.915. The van der Waals surface area contributed by atoms with Crippen molar-refractivity contribution in [1.82, 2.24) is 5.48 Å². The summed E-state index contributed by atoms with van der Waals surface area (Å²) in [7, 11) is 0. The first-order valence-electron chi connectivity index (χ1n) is 4.02. The van der Waals surface area contributed by atoms with Crippen molar-refractivity contribution in [2.24, 2.45) is 0 Å². The molecule has 0 aliphatic rings. The van der Waals surface area contributed by atoms with Gasteiger partial charge in [0.2, 0.25) is 0 Å². The zero-order valence-electron chi connectivity index (χ0n) is 7.16. The molecule has 0 heterocycles. The van der Waals surface area contributed by atoms with Crippen LogP contribution in [0, 0.1) is 5.82 Å². The highest BCUT2D eigenvalue weighted by Gasteiger charge is 1.99. The SMILES string of the molecule is ONCCOCc1ccccc1F. The number of ether oxygens (including phenoxy) is 1. The van der Waals surface area contributed by atoms with Crippen LogP contribution < -0.4 is 5.48 Å². The van der Waals surface area contributed by atoms with Crippen LogP contribution in [0.1, 0.15) is 5.56 Å². The molecule has 0 saturated heterocycles. The summed E-state index contributed by atoms with van der Waals surface area (Å²) in [5.74, 6) is -0.264. The van der Waals surface area contributed by atoms with E-state index in [-0.39, 0.29) is 12.4 Å². The maximum Gasteiger partial charge on any atom is 0.128 e. The van der Waals surface area contributed by atoms with Gasteiger partial charge in [-0.25, -0.2) is 9.87 Å². The van der Waals surface area contributed by atoms with Crippen LogP contribution in [0.4, 0.5) is 4.39 Å². The fourth-order valence-electron chi connectivity index (χ4n) is 0.915. The lowest BCUT2D eigenvalue weighted by Gasteiger charge is -2.03. The Kier molecular flexibility index (Phi) is 4.39. The van der Waals surface area contributed by atoms with Gasteiger partial charge >= 0.3 is 0 Å². The summed E-state index contributed by atoms with van der Waals surface area (Å²) in [6, 6.07) is 6.45. The number of hydroxylamine groups is 1. The van der Waals surface area contributed by atoms with E-state index in [0.717, 1.165) is 0 Å². The molecule has 0 atom stereocenters. The van der Waals surface area contributed by atoms with Gasteiger partial charge in [0, 0.05) is 12.1 Å². The Balaban J connectivity index is 2.32. The third-order valence-electron chi connectivity index (χ3n) is 1.57. The van der Waals surface area contributed by atoms with Gasteiger partial charge in [0.05, 0.1) is 13.2 Å². The second-order valence-electron chi connectivity index (χ2n) is 2.55. The van der Waals surface area contributed by atoms with Crippen molar-refractivity contribution in [3.63, 3.8) is 0 Å². The number of hydrogen-bond donors (Lipinski definition) is 2. The van der Waals surface area contributed by atoms with E-state index in [9.17, 15) is 4.39 Å². The average molecular weight is 185 g/mol. The van der Waals surface area contributed by atoms with Crippen LogP contribution >= 0.6 is 0 Å². The first-order valence-corrected chi connectivity index (χ1v) is 4.02. The van der Waals surface area contributed by atoms with E-state index in [0.29, 0.717) is 18.7 Å². The van der Waals surface area contributed by atoms with Gasteiger partial charge in [-0.05, 0) is 6.07 Å². The summed E-state index contributed by atoms with van der Waals surface area (Å²) < 4.78 is 18.0. The molecule has 0 unspecified atom stereocenters. The number of nitrogens with one attached hydrogen (secondary N) is 1. The van der Waals surface area contributed by atoms with E-state index in [2.05, 4.69) is 0 Å². The van der Waals surface area contributed by atoms with E-state index in [1.165, 1.54) is 6.07 Å². The van der Waals surface area contributed by atoms with Gasteiger partial charge in [-0.1, -0.05) is 18.2 Å². The Morgan fingerprint density at radius 1 is 1.38 bits per heavy atom. The monoisotopic (exact) mass is 185 g/mol. The third kappa shape index (κ3) is 3.50. The molecule has 2 N–H and O–H groups in total. The van der Waals surface area contributed by atoms with Gasteiger partial charge in [-0.2, -0.15) is 0 Å². The van der Waals surface area contributed by atoms with Crippen molar-refractivity contribution < 1.29 is 14.3 Å². The lowest BCUT2D eigenvalue weighted by Crippen LogP contribution is -2.14. The molecule has 0 amide bonds. The molecular formula is C9H12FNO2. The number of benzene rings is 1. The molecular weight excluding hydrogens is 173 g/mol. The lowest BCUT2D eigenvalue weighted by molar-refractivity contribution is 0.0808. The van der Waals surface area contributed by atoms with Crippen molar-refractivity contribution in [2.45, 2.75) is 6.61 Å². The first kappa shape index (κ1) is 10.1. The summed E-state index contributed by atoms with van der Waals surface area (Å²) in [5, 5.41) is 8.21. The standard InChI is InChI=1S/C9H12FNO2/c10-9-4-2-1-3-8(9)7-13-6-5-11-12/h1-4,11-12H,5-7H2. The number of halogens is 1. The molecule has 3 nitrogen and oxygen atoms in total. The summed E-state index contributed by atoms with van der Waals surface area (Å²) in [6.07, 6.45) is 0. The zero-order valence-corrected chi connectivity index (χ0v) is 7.16. The van der Waals surface area contributed by atoms with Gasteiger partial charge in [-0.3, -0.25) is 0 Å². The molecule has 4 heteroatoms. The van der Waals surface area contributed by atoms with Crippen LogP contribution in [0.3, 0.4) is 0 Å². The van der Waals surface area contributed by atoms with Gasteiger partial charge in [0.15, 0.2) is 0 Å². The topological polar surface area (TPSA) is 41.5 Å². The molecule has 72 valence electrons. The van der Waals surface area contributed by atoms with Gasteiger partial charge < -0.3 is 9.94 Å². The maximum atomic E-state index is 13.0. The highest BCUT2D eigenvalue weighted by molar-refractivity contribution is 5.16. The van der Waals surface area contributed by atoms with Crippen LogP contribution in [0.15, 0.2) is 24.3 Å². The molecule has 0 spiro atoms. The van der Waals surface area contributed by atoms with Crippen LogP contribution in [0.2, 0.25) is 0 Å². The molecule has 0 saturated carbocycles. The van der Waals surface area contributed by atoms with Gasteiger partial charge in [0.1, 0.15) is 5.82 Å². The van der Waals surface area contributed by atoms with Crippen LogP contribution in [-0.2, 0) is 11.3 Å². The minimum Gasteiger partial charge on any atom is -0.375 e. The summed E-state index contributed by atoms with van der Waals surface area (Å²) >= 11 is 0. The summed E-state index contributed by atoms with van der Waals surface area (Å²) in [5.41, 5.74) is 2.48. The van der Waals surface area contributed by atoms with E-state index < -0.39 is 0 Å². The lowest BCUT2D eigenvalue weighted by atomic mass is 10.2. The summed E-state index contributed by atoms with van der Waals surface area (Å²) in [4.78, 5) is 0. The normalized spacial score (nSPS) is 10.3. The molecule has 0 fully saturated rings. The molecule has 1 aromatic rings. The summed E-state index contributed by atoms with van der Waals surface area (Å²) in [6.45, 7) is 0.924. The first-order chi connectivity index (χ1) is 6.34. The molecule has 0 bridgehead atoms. The second-order valence-corrected chi connectivity index (χ2v) is 2.55. The molecule has 13 heavy (non-hydrogen) atoms. The molecule has 0 aliphatic carbocycles. The molecule has 1 aromatic carbocycles. The van der Waals surface area contributed by atoms with Crippen LogP contribution in [0.5, 0.6) is 0 Å². The maximum absolute atomic E-state index is 13.0. The van der Waals surface area contributed by atoms with Crippen molar-refractivity contribution >= 4 is 0 Å². The Bertz CT molecular complexity index is 255. The van der Waals surface area contributed by atoms with E-state index in [1.807, 2.05) is 5.48 Å². The van der Waals surface area contributed by atoms with E-state index in [4.69, 9.17) is 9.94 Å². The minimum atomic E-state index is -0.264. The molecule has 0 radical (unpaired) electrons. The molecule has 1 rings (SSSR count). The molecule has 0 aliphatic heterocycles. The Hall–Kier alpha value is -0.970. The van der Waals surface area contributed by atoms with Crippen LogP contribution in [0.25, 0.3) is 0 Å². The zero-order chi connectivity index (χ0) is 9.52. The quantitative estimate of drug-likeness (QED) is 0.537. The predicted octanol–water partition coefficient (Wildman–Crippen LogP) is 1.32. The van der Waals surface area contributed by atoms with E-state index >= 15 is 0 Å². The Labute approximate surface area is 76.1 Å². The number of hydrogen-bond acceptors (Lipinski definition) is 3. The third-order valence-corrected chi connectivity index (χ3v) is 1.57.